The number of hydrogen-bond acceptors (Lipinski definition) is 4. The highest BCUT2D eigenvalue weighted by atomic mass is 16.5. The van der Waals surface area contributed by atoms with Crippen molar-refractivity contribution in [1.82, 2.24) is 0 Å². The Hall–Kier alpha value is -1.81. The van der Waals surface area contributed by atoms with Crippen molar-refractivity contribution < 1.29 is 14.3 Å². The molecule has 1 aromatic carbocycles. The summed E-state index contributed by atoms with van der Waals surface area (Å²) in [5.74, 6) is 0.432. The molecule has 0 heterocycles. The fraction of sp³-hybridized carbons (Fsp3) is 0.308. The molecular weight excluding hydrogens is 218 g/mol. The van der Waals surface area contributed by atoms with Gasteiger partial charge in [-0.2, -0.15) is 0 Å². The van der Waals surface area contributed by atoms with E-state index in [1.807, 2.05) is 24.3 Å². The van der Waals surface area contributed by atoms with Gasteiger partial charge >= 0.3 is 5.97 Å². The first-order valence-electron chi connectivity index (χ1n) is 5.45. The highest BCUT2D eigenvalue weighted by Crippen LogP contribution is 2.13. The number of nitrogens with two attached hydrogens (primary N) is 1. The lowest BCUT2D eigenvalue weighted by Gasteiger charge is -2.04. The van der Waals surface area contributed by atoms with Crippen molar-refractivity contribution in [2.45, 2.75) is 6.42 Å². The van der Waals surface area contributed by atoms with Crippen LogP contribution in [0.3, 0.4) is 0 Å². The van der Waals surface area contributed by atoms with Crippen LogP contribution in [0.15, 0.2) is 30.3 Å². The number of esters is 1. The molecule has 0 saturated carbocycles. The molecule has 92 valence electrons. The third-order valence-electron chi connectivity index (χ3n) is 2.11. The van der Waals surface area contributed by atoms with Gasteiger partial charge < -0.3 is 15.2 Å². The van der Waals surface area contributed by atoms with Gasteiger partial charge in [0, 0.05) is 6.08 Å². The van der Waals surface area contributed by atoms with E-state index in [-0.39, 0.29) is 5.97 Å². The molecule has 0 aliphatic carbocycles. The normalized spacial score (nSPS) is 10.5. The van der Waals surface area contributed by atoms with Crippen molar-refractivity contribution in [2.75, 3.05) is 20.3 Å². The van der Waals surface area contributed by atoms with E-state index in [9.17, 15) is 4.79 Å². The van der Waals surface area contributed by atoms with Gasteiger partial charge in [-0.15, -0.1) is 0 Å². The van der Waals surface area contributed by atoms with Crippen LogP contribution in [0.25, 0.3) is 6.08 Å². The number of hydrogen-bond donors (Lipinski definition) is 1. The lowest BCUT2D eigenvalue weighted by atomic mass is 10.2. The summed E-state index contributed by atoms with van der Waals surface area (Å²) in [7, 11) is 1.35. The molecule has 17 heavy (non-hydrogen) atoms. The summed E-state index contributed by atoms with van der Waals surface area (Å²) in [4.78, 5) is 10.9. The zero-order valence-corrected chi connectivity index (χ0v) is 9.89. The van der Waals surface area contributed by atoms with Crippen molar-refractivity contribution in [3.8, 4) is 5.75 Å². The molecule has 0 aromatic heterocycles. The second-order valence-electron chi connectivity index (χ2n) is 3.42. The minimum atomic E-state index is -0.367. The van der Waals surface area contributed by atoms with E-state index in [4.69, 9.17) is 10.5 Å². The molecule has 4 nitrogen and oxygen atoms in total. The maximum Gasteiger partial charge on any atom is 0.330 e. The molecule has 0 radical (unpaired) electrons. The molecule has 1 rings (SSSR count). The molecule has 0 aliphatic rings. The SMILES string of the molecule is COC(=O)C=Cc1ccc(OCCCN)cc1. The molecular formula is C13H17NO3. The highest BCUT2D eigenvalue weighted by Gasteiger charge is 1.94. The van der Waals surface area contributed by atoms with Gasteiger partial charge in [0.1, 0.15) is 5.75 Å². The minimum Gasteiger partial charge on any atom is -0.494 e. The highest BCUT2D eigenvalue weighted by molar-refractivity contribution is 5.86. The Bertz CT molecular complexity index is 371. The van der Waals surface area contributed by atoms with Crippen LogP contribution >= 0.6 is 0 Å². The number of ether oxygens (including phenoxy) is 2. The van der Waals surface area contributed by atoms with Crippen LogP contribution in [0.5, 0.6) is 5.75 Å². The molecule has 0 unspecified atom stereocenters. The van der Waals surface area contributed by atoms with Gasteiger partial charge in [-0.1, -0.05) is 12.1 Å². The number of benzene rings is 1. The Morgan fingerprint density at radius 2 is 2.06 bits per heavy atom. The van der Waals surface area contributed by atoms with Crippen molar-refractivity contribution in [2.24, 2.45) is 5.73 Å². The zero-order valence-electron chi connectivity index (χ0n) is 9.89. The largest absolute Gasteiger partial charge is 0.494 e. The monoisotopic (exact) mass is 235 g/mol. The standard InChI is InChI=1S/C13H17NO3/c1-16-13(15)8-5-11-3-6-12(7-4-11)17-10-2-9-14/h3-8H,2,9-10,14H2,1H3. The summed E-state index contributed by atoms with van der Waals surface area (Å²) in [6.45, 7) is 1.24. The molecule has 0 saturated heterocycles. The Labute approximate surface area is 101 Å². The summed E-state index contributed by atoms with van der Waals surface area (Å²) < 4.78 is 9.95. The van der Waals surface area contributed by atoms with E-state index in [1.54, 1.807) is 6.08 Å². The van der Waals surface area contributed by atoms with E-state index in [1.165, 1.54) is 13.2 Å². The maximum absolute atomic E-state index is 10.9. The Kier molecular flexibility index (Phi) is 5.82. The smallest absolute Gasteiger partial charge is 0.330 e. The average Bonchev–Trinajstić information content (AvgIpc) is 2.37. The van der Waals surface area contributed by atoms with E-state index in [2.05, 4.69) is 4.74 Å². The van der Waals surface area contributed by atoms with E-state index >= 15 is 0 Å². The number of carbonyl (C=O) groups excluding carboxylic acids is 1. The van der Waals surface area contributed by atoms with Crippen molar-refractivity contribution in [3.63, 3.8) is 0 Å². The molecule has 1 aromatic rings. The van der Waals surface area contributed by atoms with Crippen molar-refractivity contribution >= 4 is 12.0 Å². The van der Waals surface area contributed by atoms with E-state index in [0.29, 0.717) is 13.2 Å². The Morgan fingerprint density at radius 3 is 2.65 bits per heavy atom. The summed E-state index contributed by atoms with van der Waals surface area (Å²) in [6.07, 6.45) is 3.91. The lowest BCUT2D eigenvalue weighted by Crippen LogP contribution is -2.05. The minimum absolute atomic E-state index is 0.367. The first-order valence-corrected chi connectivity index (χ1v) is 5.45. The lowest BCUT2D eigenvalue weighted by molar-refractivity contribution is -0.134. The molecule has 0 amide bonds. The van der Waals surface area contributed by atoms with Crippen molar-refractivity contribution in [3.05, 3.63) is 35.9 Å². The number of methoxy groups -OCH3 is 1. The maximum atomic E-state index is 10.9. The van der Waals surface area contributed by atoms with E-state index < -0.39 is 0 Å². The summed E-state index contributed by atoms with van der Waals surface area (Å²) in [6, 6.07) is 7.45. The third kappa shape index (κ3) is 5.17. The number of rotatable bonds is 6. The topological polar surface area (TPSA) is 61.5 Å². The number of carbonyl (C=O) groups is 1. The summed E-state index contributed by atoms with van der Waals surface area (Å²) in [5.41, 5.74) is 6.28. The Balaban J connectivity index is 2.50. The second-order valence-corrected chi connectivity index (χ2v) is 3.42. The van der Waals surface area contributed by atoms with Crippen LogP contribution in [0.4, 0.5) is 0 Å². The third-order valence-corrected chi connectivity index (χ3v) is 2.11. The van der Waals surface area contributed by atoms with E-state index in [0.717, 1.165) is 17.7 Å². The van der Waals surface area contributed by atoms with Gasteiger partial charge in [-0.3, -0.25) is 0 Å². The van der Waals surface area contributed by atoms with Crippen molar-refractivity contribution in [1.29, 1.82) is 0 Å². The van der Waals surface area contributed by atoms with Gasteiger partial charge in [0.25, 0.3) is 0 Å². The van der Waals surface area contributed by atoms with Crippen LogP contribution < -0.4 is 10.5 Å². The molecule has 0 fully saturated rings. The van der Waals surface area contributed by atoms with Gasteiger partial charge in [-0.05, 0) is 36.7 Å². The van der Waals surface area contributed by atoms with Crippen LogP contribution in [0, 0.1) is 0 Å². The second kappa shape index (κ2) is 7.46. The molecule has 0 atom stereocenters. The predicted molar refractivity (Wildman–Crippen MR) is 66.7 cm³/mol. The summed E-state index contributed by atoms with van der Waals surface area (Å²) in [5, 5.41) is 0. The molecule has 0 aliphatic heterocycles. The average molecular weight is 235 g/mol. The van der Waals surface area contributed by atoms with Crippen LogP contribution in [-0.4, -0.2) is 26.2 Å². The van der Waals surface area contributed by atoms with Gasteiger partial charge in [0.05, 0.1) is 13.7 Å². The van der Waals surface area contributed by atoms with Gasteiger partial charge in [0.2, 0.25) is 0 Å². The Morgan fingerprint density at radius 1 is 1.35 bits per heavy atom. The van der Waals surface area contributed by atoms with Crippen LogP contribution in [0.1, 0.15) is 12.0 Å². The molecule has 0 spiro atoms. The summed E-state index contributed by atoms with van der Waals surface area (Å²) >= 11 is 0. The zero-order chi connectivity index (χ0) is 12.5. The van der Waals surface area contributed by atoms with Gasteiger partial charge in [0.15, 0.2) is 0 Å². The molecule has 4 heteroatoms. The fourth-order valence-corrected chi connectivity index (χ4v) is 1.18. The quantitative estimate of drug-likeness (QED) is 0.462. The predicted octanol–water partition coefficient (Wildman–Crippen LogP) is 1.60. The van der Waals surface area contributed by atoms with Gasteiger partial charge in [-0.25, -0.2) is 4.79 Å². The molecule has 0 bridgehead atoms. The first-order chi connectivity index (χ1) is 8.26. The molecule has 2 N–H and O–H groups in total. The van der Waals surface area contributed by atoms with Crippen LogP contribution in [-0.2, 0) is 9.53 Å². The fourth-order valence-electron chi connectivity index (χ4n) is 1.18. The first kappa shape index (κ1) is 13.3. The van der Waals surface area contributed by atoms with Crippen LogP contribution in [0.2, 0.25) is 0 Å².